The van der Waals surface area contributed by atoms with E-state index in [4.69, 9.17) is 4.98 Å². The van der Waals surface area contributed by atoms with Crippen molar-refractivity contribution in [2.24, 2.45) is 11.8 Å². The van der Waals surface area contributed by atoms with Gasteiger partial charge in [-0.2, -0.15) is 15.6 Å². The first kappa shape index (κ1) is 25.7. The van der Waals surface area contributed by atoms with E-state index < -0.39 is 6.04 Å². The third-order valence-electron chi connectivity index (χ3n) is 8.16. The molecule has 2 aliphatic rings. The smallest absolute Gasteiger partial charge is 0.217 e. The first-order chi connectivity index (χ1) is 19.3. The molecule has 1 amide bonds. The number of carbonyl (C=O) groups excluding carboxylic acids is 1. The Bertz CT molecular complexity index is 1680. The minimum atomic E-state index is -0.439. The van der Waals surface area contributed by atoms with Gasteiger partial charge in [-0.1, -0.05) is 11.3 Å². The average Bonchev–Trinajstić information content (AvgIpc) is 3.61. The van der Waals surface area contributed by atoms with Gasteiger partial charge in [0.15, 0.2) is 5.01 Å². The van der Waals surface area contributed by atoms with Crippen LogP contribution in [-0.4, -0.2) is 55.4 Å². The fourth-order valence-corrected chi connectivity index (χ4v) is 6.99. The number of amides is 1. The fourth-order valence-electron chi connectivity index (χ4n) is 6.10. The van der Waals surface area contributed by atoms with Gasteiger partial charge in [0.2, 0.25) is 11.0 Å². The summed E-state index contributed by atoms with van der Waals surface area (Å²) in [6.07, 6.45) is 5.44. The summed E-state index contributed by atoms with van der Waals surface area (Å²) in [6.45, 7) is 7.19. The van der Waals surface area contributed by atoms with E-state index in [1.807, 2.05) is 18.2 Å². The fraction of sp³-hybridized carbons (Fsp3) is 0.393. The van der Waals surface area contributed by atoms with Gasteiger partial charge in [0, 0.05) is 37.4 Å². The minimum Gasteiger partial charge on any atom is -0.369 e. The molecule has 4 atom stereocenters. The van der Waals surface area contributed by atoms with Crippen LogP contribution >= 0.6 is 11.3 Å². The standard InChI is InChI=1S/C28H28N10OS/c1-16(10-29)33-23-9-24(25-7-6-21-8-18(11-30)12-32-38(21)25)31-13-22(23)26-35-36-27(40-26)37-14-19-4-5-20(15-37)28(19,3)34-17(2)39/h6-9,12-13,16,19-20H,4-5,14-15H2,1-3H3,(H,31,33)(H,34,39)/t16-,19-,20+,28+/m1/s1. The molecule has 0 unspecified atom stereocenters. The number of piperidine rings is 1. The van der Waals surface area contributed by atoms with Crippen LogP contribution in [0.5, 0.6) is 0 Å². The molecule has 0 radical (unpaired) electrons. The molecule has 2 N–H and O–H groups in total. The molecule has 1 saturated heterocycles. The molecule has 1 aliphatic carbocycles. The number of nitriles is 2. The molecule has 40 heavy (non-hydrogen) atoms. The van der Waals surface area contributed by atoms with E-state index in [9.17, 15) is 15.3 Å². The van der Waals surface area contributed by atoms with Crippen LogP contribution < -0.4 is 15.5 Å². The van der Waals surface area contributed by atoms with Crippen LogP contribution in [0.3, 0.4) is 0 Å². The maximum absolute atomic E-state index is 11.9. The topological polar surface area (TPSA) is 148 Å². The lowest BCUT2D eigenvalue weighted by Gasteiger charge is -2.45. The van der Waals surface area contributed by atoms with E-state index in [0.29, 0.717) is 28.1 Å². The molecule has 1 saturated carbocycles. The summed E-state index contributed by atoms with van der Waals surface area (Å²) in [4.78, 5) is 18.9. The Morgan fingerprint density at radius 1 is 1.18 bits per heavy atom. The number of pyridine rings is 1. The predicted octanol–water partition coefficient (Wildman–Crippen LogP) is 3.85. The summed E-state index contributed by atoms with van der Waals surface area (Å²) in [5.41, 5.74) is 4.01. The average molecular weight is 553 g/mol. The molecule has 0 aromatic carbocycles. The predicted molar refractivity (Wildman–Crippen MR) is 151 cm³/mol. The monoisotopic (exact) mass is 552 g/mol. The minimum absolute atomic E-state index is 0.0180. The van der Waals surface area contributed by atoms with E-state index in [1.54, 1.807) is 30.6 Å². The second-order valence-corrected chi connectivity index (χ2v) is 11.7. The zero-order chi connectivity index (χ0) is 28.0. The summed E-state index contributed by atoms with van der Waals surface area (Å²) in [6, 6.07) is 11.4. The highest BCUT2D eigenvalue weighted by Crippen LogP contribution is 2.47. The lowest BCUT2D eigenvalue weighted by molar-refractivity contribution is -0.121. The number of carbonyl (C=O) groups is 1. The van der Waals surface area contributed by atoms with Gasteiger partial charge >= 0.3 is 0 Å². The van der Waals surface area contributed by atoms with Gasteiger partial charge in [-0.3, -0.25) is 9.78 Å². The van der Waals surface area contributed by atoms with Crippen molar-refractivity contribution in [1.82, 2.24) is 30.1 Å². The van der Waals surface area contributed by atoms with E-state index in [-0.39, 0.29) is 11.4 Å². The molecule has 6 rings (SSSR count). The summed E-state index contributed by atoms with van der Waals surface area (Å²) in [7, 11) is 0. The Hall–Kier alpha value is -4.55. The number of rotatable bonds is 6. The zero-order valence-corrected chi connectivity index (χ0v) is 23.2. The quantitative estimate of drug-likeness (QED) is 0.364. The molecule has 12 heteroatoms. The van der Waals surface area contributed by atoms with Crippen LogP contribution in [-0.2, 0) is 4.79 Å². The number of anilines is 2. The largest absolute Gasteiger partial charge is 0.369 e. The lowest BCUT2D eigenvalue weighted by Crippen LogP contribution is -2.61. The molecular weight excluding hydrogens is 524 g/mol. The third kappa shape index (κ3) is 4.40. The Morgan fingerprint density at radius 3 is 2.65 bits per heavy atom. The molecule has 202 valence electrons. The molecular formula is C28H28N10OS. The summed E-state index contributed by atoms with van der Waals surface area (Å²) < 4.78 is 1.74. The van der Waals surface area contributed by atoms with Gasteiger partial charge < -0.3 is 15.5 Å². The van der Waals surface area contributed by atoms with Crippen molar-refractivity contribution < 1.29 is 4.79 Å². The van der Waals surface area contributed by atoms with Crippen LogP contribution in [0.25, 0.3) is 27.5 Å². The molecule has 1 aliphatic heterocycles. The molecule has 2 fully saturated rings. The summed E-state index contributed by atoms with van der Waals surface area (Å²) in [5, 5.41) is 40.2. The van der Waals surface area contributed by atoms with Gasteiger partial charge in [-0.25, -0.2) is 4.52 Å². The molecule has 11 nitrogen and oxygen atoms in total. The van der Waals surface area contributed by atoms with Crippen LogP contribution in [0.1, 0.15) is 39.2 Å². The van der Waals surface area contributed by atoms with Crippen molar-refractivity contribution in [3.63, 3.8) is 0 Å². The second kappa shape index (κ2) is 9.88. The Morgan fingerprint density at radius 2 is 1.95 bits per heavy atom. The normalized spacial score (nSPS) is 22.5. The van der Waals surface area contributed by atoms with Gasteiger partial charge in [0.05, 0.1) is 40.3 Å². The number of aromatic nitrogens is 5. The maximum Gasteiger partial charge on any atom is 0.217 e. The van der Waals surface area contributed by atoms with Crippen LogP contribution in [0.4, 0.5) is 10.8 Å². The molecule has 4 aromatic rings. The highest BCUT2D eigenvalue weighted by molar-refractivity contribution is 7.18. The van der Waals surface area contributed by atoms with Crippen molar-refractivity contribution in [2.75, 3.05) is 23.3 Å². The van der Waals surface area contributed by atoms with Crippen molar-refractivity contribution in [1.29, 1.82) is 10.5 Å². The maximum atomic E-state index is 11.9. The molecule has 2 bridgehead atoms. The number of nitrogens with zero attached hydrogens (tertiary/aromatic N) is 8. The highest BCUT2D eigenvalue weighted by Gasteiger charge is 2.51. The van der Waals surface area contributed by atoms with Crippen molar-refractivity contribution >= 4 is 33.6 Å². The lowest BCUT2D eigenvalue weighted by atomic mass is 9.78. The molecule has 4 aromatic heterocycles. The Kier molecular flexibility index (Phi) is 6.35. The van der Waals surface area contributed by atoms with Gasteiger partial charge in [0.25, 0.3) is 0 Å². The third-order valence-corrected chi connectivity index (χ3v) is 9.18. The van der Waals surface area contributed by atoms with Gasteiger partial charge in [0.1, 0.15) is 12.1 Å². The SMILES string of the molecule is CC(=O)N[C@@]1(C)[C@@H]2CC[C@H]1CN(c1nnc(-c3cnc(-c4ccc5cc(C#N)cnn45)cc3N[C@H](C)C#N)s1)C2. The first-order valence-electron chi connectivity index (χ1n) is 13.2. The van der Waals surface area contributed by atoms with E-state index in [2.05, 4.69) is 49.9 Å². The number of fused-ring (bicyclic) bond motifs is 3. The van der Waals surface area contributed by atoms with Crippen molar-refractivity contribution in [3.8, 4) is 34.1 Å². The molecule has 5 heterocycles. The van der Waals surface area contributed by atoms with Crippen LogP contribution in [0.15, 0.2) is 36.7 Å². The summed E-state index contributed by atoms with van der Waals surface area (Å²) >= 11 is 1.50. The van der Waals surface area contributed by atoms with Gasteiger partial charge in [-0.05, 0) is 62.8 Å². The van der Waals surface area contributed by atoms with Gasteiger partial charge in [-0.15, -0.1) is 10.2 Å². The Labute approximate surface area is 235 Å². The first-order valence-corrected chi connectivity index (χ1v) is 14.0. The Balaban J connectivity index is 1.31. The van der Waals surface area contributed by atoms with E-state index in [1.165, 1.54) is 17.5 Å². The van der Waals surface area contributed by atoms with Crippen LogP contribution in [0.2, 0.25) is 0 Å². The molecule has 0 spiro atoms. The van der Waals surface area contributed by atoms with Crippen molar-refractivity contribution in [3.05, 3.63) is 42.2 Å². The summed E-state index contributed by atoms with van der Waals surface area (Å²) in [5.74, 6) is 0.725. The van der Waals surface area contributed by atoms with E-state index >= 15 is 0 Å². The highest BCUT2D eigenvalue weighted by atomic mass is 32.1. The number of hydrogen-bond acceptors (Lipinski definition) is 10. The number of hydrogen-bond donors (Lipinski definition) is 2. The zero-order valence-electron chi connectivity index (χ0n) is 22.4. The van der Waals surface area contributed by atoms with E-state index in [0.717, 1.165) is 53.5 Å². The van der Waals surface area contributed by atoms with Crippen LogP contribution in [0, 0.1) is 34.5 Å². The second-order valence-electron chi connectivity index (χ2n) is 10.8. The van der Waals surface area contributed by atoms with Crippen molar-refractivity contribution in [2.45, 2.75) is 45.2 Å². The number of nitrogens with one attached hydrogen (secondary N) is 2.